The smallest absolute Gasteiger partial charge is 0.285 e. The minimum atomic E-state index is -0.470. The molecule has 0 unspecified atom stereocenters. The summed E-state index contributed by atoms with van der Waals surface area (Å²) in [5.74, 6) is 0.600. The van der Waals surface area contributed by atoms with E-state index >= 15 is 0 Å². The third-order valence-electron chi connectivity index (χ3n) is 4.22. The molecule has 164 valence electrons. The Hall–Kier alpha value is -3.55. The van der Waals surface area contributed by atoms with Crippen molar-refractivity contribution < 1.29 is 23.8 Å². The normalized spacial score (nSPS) is 14.3. The number of hydrogen-bond acceptors (Lipinski definition) is 8. The minimum Gasteiger partial charge on any atom is -0.497 e. The van der Waals surface area contributed by atoms with Crippen LogP contribution in [0.4, 0.5) is 0 Å². The van der Waals surface area contributed by atoms with Crippen molar-refractivity contribution in [3.05, 3.63) is 58.5 Å². The molecule has 0 atom stereocenters. The number of nitrogens with zero attached hydrogens (tertiary/aromatic N) is 2. The molecule has 2 aromatic rings. The quantitative estimate of drug-likeness (QED) is 0.463. The molecule has 32 heavy (non-hydrogen) atoms. The highest BCUT2D eigenvalue weighted by Gasteiger charge is 2.33. The Balaban J connectivity index is 1.76. The summed E-state index contributed by atoms with van der Waals surface area (Å²) in [6.07, 6.45) is 1.65. The first kappa shape index (κ1) is 23.1. The van der Waals surface area contributed by atoms with Crippen LogP contribution >= 0.6 is 24.0 Å². The molecule has 1 heterocycles. The van der Waals surface area contributed by atoms with Gasteiger partial charge < -0.3 is 14.2 Å². The molecule has 0 aromatic heterocycles. The standard InChI is InChI=1S/C22H19N3O5S2/c1-3-29-18-12-14(4-9-17(18)30-11-10-23)13-19-21(27)25(22(31)32-19)24-20(26)15-5-7-16(28-2)8-6-15/h4-9,12-13H,3,11H2,1-2H3,(H,24,26)/b19-13-. The zero-order valence-electron chi connectivity index (χ0n) is 17.3. The first-order valence-electron chi connectivity index (χ1n) is 9.46. The van der Waals surface area contributed by atoms with Gasteiger partial charge in [-0.25, -0.2) is 0 Å². The SMILES string of the molecule is CCOc1cc(/C=C2\SC(=S)N(NC(=O)c3ccc(OC)cc3)C2=O)ccc1OCC#N. The number of hydrazine groups is 1. The summed E-state index contributed by atoms with van der Waals surface area (Å²) in [5, 5.41) is 9.76. The molecule has 1 N–H and O–H groups in total. The van der Waals surface area contributed by atoms with Crippen LogP contribution in [0.15, 0.2) is 47.4 Å². The zero-order valence-corrected chi connectivity index (χ0v) is 18.9. The summed E-state index contributed by atoms with van der Waals surface area (Å²) in [6, 6.07) is 13.5. The molecule has 0 bridgehead atoms. The second kappa shape index (κ2) is 10.7. The average Bonchev–Trinajstić information content (AvgIpc) is 3.06. The molecular weight excluding hydrogens is 450 g/mol. The number of thioether (sulfide) groups is 1. The van der Waals surface area contributed by atoms with E-state index in [2.05, 4.69) is 5.43 Å². The lowest BCUT2D eigenvalue weighted by molar-refractivity contribution is -0.123. The summed E-state index contributed by atoms with van der Waals surface area (Å²) < 4.78 is 16.2. The van der Waals surface area contributed by atoms with Crippen molar-refractivity contribution in [1.82, 2.24) is 10.4 Å². The van der Waals surface area contributed by atoms with Gasteiger partial charge >= 0.3 is 0 Å². The van der Waals surface area contributed by atoms with Gasteiger partial charge in [-0.05, 0) is 67.2 Å². The summed E-state index contributed by atoms with van der Waals surface area (Å²) >= 11 is 6.35. The Kier molecular flexibility index (Phi) is 7.70. The number of hydrogen-bond donors (Lipinski definition) is 1. The van der Waals surface area contributed by atoms with Gasteiger partial charge in [0.1, 0.15) is 11.8 Å². The molecule has 0 spiro atoms. The first-order valence-corrected chi connectivity index (χ1v) is 10.7. The monoisotopic (exact) mass is 469 g/mol. The number of amides is 2. The number of carbonyl (C=O) groups is 2. The molecule has 0 saturated carbocycles. The molecule has 1 aliphatic rings. The maximum atomic E-state index is 12.8. The number of thiocarbonyl (C=S) groups is 1. The van der Waals surface area contributed by atoms with Crippen LogP contribution in [0.3, 0.4) is 0 Å². The molecule has 2 aromatic carbocycles. The maximum Gasteiger partial charge on any atom is 0.285 e. The van der Waals surface area contributed by atoms with Crippen molar-refractivity contribution in [3.8, 4) is 23.3 Å². The van der Waals surface area contributed by atoms with Gasteiger partial charge in [-0.1, -0.05) is 17.8 Å². The molecule has 1 saturated heterocycles. The van der Waals surface area contributed by atoms with Crippen LogP contribution < -0.4 is 19.6 Å². The fraction of sp³-hybridized carbons (Fsp3) is 0.182. The van der Waals surface area contributed by atoms with Crippen molar-refractivity contribution in [2.45, 2.75) is 6.92 Å². The summed E-state index contributed by atoms with van der Waals surface area (Å²) in [7, 11) is 1.53. The molecule has 3 rings (SSSR count). The van der Waals surface area contributed by atoms with E-state index in [0.717, 1.165) is 16.8 Å². The van der Waals surface area contributed by atoms with Crippen LogP contribution in [-0.4, -0.2) is 41.5 Å². The highest BCUT2D eigenvalue weighted by atomic mass is 32.2. The number of nitrogens with one attached hydrogen (secondary N) is 1. The van der Waals surface area contributed by atoms with E-state index in [4.69, 9.17) is 31.7 Å². The van der Waals surface area contributed by atoms with E-state index in [1.54, 1.807) is 48.5 Å². The van der Waals surface area contributed by atoms with Gasteiger partial charge in [0.2, 0.25) is 0 Å². The van der Waals surface area contributed by atoms with E-state index in [9.17, 15) is 9.59 Å². The maximum absolute atomic E-state index is 12.8. The number of ether oxygens (including phenoxy) is 3. The predicted octanol–water partition coefficient (Wildman–Crippen LogP) is 3.54. The van der Waals surface area contributed by atoms with Crippen LogP contribution in [0.2, 0.25) is 0 Å². The molecule has 1 fully saturated rings. The van der Waals surface area contributed by atoms with Crippen molar-refractivity contribution in [3.63, 3.8) is 0 Å². The second-order valence-corrected chi connectivity index (χ2v) is 7.95. The highest BCUT2D eigenvalue weighted by Crippen LogP contribution is 2.34. The fourth-order valence-electron chi connectivity index (χ4n) is 2.74. The molecule has 2 amide bonds. The lowest BCUT2D eigenvalue weighted by Gasteiger charge is -2.15. The molecule has 8 nitrogen and oxygen atoms in total. The minimum absolute atomic E-state index is 0.105. The van der Waals surface area contributed by atoms with Gasteiger partial charge in [-0.2, -0.15) is 10.3 Å². The lowest BCUT2D eigenvalue weighted by atomic mass is 10.2. The van der Waals surface area contributed by atoms with Crippen molar-refractivity contribution in [2.24, 2.45) is 0 Å². The predicted molar refractivity (Wildman–Crippen MR) is 124 cm³/mol. The zero-order chi connectivity index (χ0) is 23.1. The van der Waals surface area contributed by atoms with Gasteiger partial charge in [0.05, 0.1) is 18.6 Å². The molecular formula is C22H19N3O5S2. The Labute approximate surface area is 194 Å². The molecule has 10 heteroatoms. The van der Waals surface area contributed by atoms with Crippen LogP contribution in [0, 0.1) is 11.3 Å². The van der Waals surface area contributed by atoms with Crippen molar-refractivity contribution >= 4 is 46.2 Å². The van der Waals surface area contributed by atoms with Gasteiger partial charge in [-0.3, -0.25) is 15.0 Å². The highest BCUT2D eigenvalue weighted by molar-refractivity contribution is 8.26. The number of nitriles is 1. The largest absolute Gasteiger partial charge is 0.497 e. The van der Waals surface area contributed by atoms with E-state index < -0.39 is 11.8 Å². The van der Waals surface area contributed by atoms with E-state index in [-0.39, 0.29) is 10.9 Å². The average molecular weight is 470 g/mol. The number of benzene rings is 2. The van der Waals surface area contributed by atoms with Crippen LogP contribution in [-0.2, 0) is 4.79 Å². The van der Waals surface area contributed by atoms with Crippen LogP contribution in [0.5, 0.6) is 17.2 Å². The fourth-order valence-corrected chi connectivity index (χ4v) is 3.92. The Bertz CT molecular complexity index is 1110. The Morgan fingerprint density at radius 1 is 1.22 bits per heavy atom. The molecule has 1 aliphatic heterocycles. The summed E-state index contributed by atoms with van der Waals surface area (Å²) in [5.41, 5.74) is 3.58. The number of rotatable bonds is 8. The second-order valence-electron chi connectivity index (χ2n) is 6.27. The molecule has 0 radical (unpaired) electrons. The van der Waals surface area contributed by atoms with Crippen molar-refractivity contribution in [2.75, 3.05) is 20.3 Å². The van der Waals surface area contributed by atoms with Gasteiger partial charge in [0.15, 0.2) is 22.4 Å². The van der Waals surface area contributed by atoms with E-state index in [1.165, 1.54) is 7.11 Å². The molecule has 0 aliphatic carbocycles. The summed E-state index contributed by atoms with van der Waals surface area (Å²) in [6.45, 7) is 2.13. The van der Waals surface area contributed by atoms with Gasteiger partial charge in [-0.15, -0.1) is 0 Å². The topological polar surface area (TPSA) is 101 Å². The van der Waals surface area contributed by atoms with Gasteiger partial charge in [0, 0.05) is 5.56 Å². The van der Waals surface area contributed by atoms with Crippen molar-refractivity contribution in [1.29, 1.82) is 5.26 Å². The Morgan fingerprint density at radius 3 is 2.62 bits per heavy atom. The van der Waals surface area contributed by atoms with E-state index in [1.807, 2.05) is 13.0 Å². The number of methoxy groups -OCH3 is 1. The first-order chi connectivity index (χ1) is 15.5. The van der Waals surface area contributed by atoms with Crippen LogP contribution in [0.25, 0.3) is 6.08 Å². The third-order valence-corrected chi connectivity index (χ3v) is 5.52. The third kappa shape index (κ3) is 5.38. The lowest BCUT2D eigenvalue weighted by Crippen LogP contribution is -2.44. The number of carbonyl (C=O) groups excluding carboxylic acids is 2. The summed E-state index contributed by atoms with van der Waals surface area (Å²) in [4.78, 5) is 25.7. The van der Waals surface area contributed by atoms with E-state index in [0.29, 0.717) is 39.9 Å². The van der Waals surface area contributed by atoms with Gasteiger partial charge in [0.25, 0.3) is 11.8 Å². The Morgan fingerprint density at radius 2 is 1.97 bits per heavy atom. The van der Waals surface area contributed by atoms with Crippen LogP contribution in [0.1, 0.15) is 22.8 Å².